The van der Waals surface area contributed by atoms with Crippen molar-refractivity contribution in [2.75, 3.05) is 19.1 Å². The van der Waals surface area contributed by atoms with Crippen molar-refractivity contribution in [1.29, 1.82) is 0 Å². The van der Waals surface area contributed by atoms with Gasteiger partial charge in [-0.2, -0.15) is 11.8 Å². The number of carbonyl (C=O) groups is 1. The Balaban J connectivity index is 2.88. The summed E-state index contributed by atoms with van der Waals surface area (Å²) >= 11 is 1.70. The molecule has 0 aromatic heterocycles. The van der Waals surface area contributed by atoms with Crippen LogP contribution in [0.15, 0.2) is 18.2 Å². The molecule has 0 saturated heterocycles. The van der Waals surface area contributed by atoms with Crippen LogP contribution in [0.2, 0.25) is 0 Å². The van der Waals surface area contributed by atoms with Crippen LogP contribution in [0.5, 0.6) is 5.75 Å². The molecule has 94 valence electrons. The molecule has 3 nitrogen and oxygen atoms in total. The van der Waals surface area contributed by atoms with E-state index in [1.165, 1.54) is 0 Å². The first kappa shape index (κ1) is 13.9. The molecule has 1 atom stereocenters. The number of thioether (sulfide) groups is 1. The maximum Gasteiger partial charge on any atom is 0.257 e. The molecular weight excluding hydrogens is 234 g/mol. The maximum atomic E-state index is 12.1. The van der Waals surface area contributed by atoms with Crippen LogP contribution in [0.4, 0.5) is 0 Å². The summed E-state index contributed by atoms with van der Waals surface area (Å²) in [6, 6.07) is 5.27. The van der Waals surface area contributed by atoms with Gasteiger partial charge in [0, 0.05) is 18.8 Å². The number of nitrogens with zero attached hydrogens (tertiary/aromatic N) is 1. The molecule has 1 amide bonds. The molecule has 0 radical (unpaired) electrons. The first-order chi connectivity index (χ1) is 7.97. The van der Waals surface area contributed by atoms with Crippen molar-refractivity contribution in [2.45, 2.75) is 19.9 Å². The van der Waals surface area contributed by atoms with E-state index in [4.69, 9.17) is 0 Å². The van der Waals surface area contributed by atoms with Crippen molar-refractivity contribution in [3.05, 3.63) is 29.3 Å². The molecule has 0 fully saturated rings. The number of amides is 1. The lowest BCUT2D eigenvalue weighted by molar-refractivity contribution is 0.0754. The minimum atomic E-state index is -0.135. The maximum absolute atomic E-state index is 12.1. The Hall–Kier alpha value is -1.16. The van der Waals surface area contributed by atoms with Crippen molar-refractivity contribution in [3.63, 3.8) is 0 Å². The second kappa shape index (κ2) is 5.96. The molecular formula is C13H19NO2S. The zero-order valence-corrected chi connectivity index (χ0v) is 11.5. The molecule has 0 saturated carbocycles. The van der Waals surface area contributed by atoms with Gasteiger partial charge in [0.25, 0.3) is 5.91 Å². The molecule has 0 aliphatic carbocycles. The minimum absolute atomic E-state index is 0.0539. The number of benzene rings is 1. The number of hydrogen-bond acceptors (Lipinski definition) is 3. The van der Waals surface area contributed by atoms with E-state index >= 15 is 0 Å². The summed E-state index contributed by atoms with van der Waals surface area (Å²) in [6.07, 6.45) is 2.01. The van der Waals surface area contributed by atoms with Crippen LogP contribution in [-0.4, -0.2) is 41.0 Å². The van der Waals surface area contributed by atoms with E-state index in [2.05, 4.69) is 0 Å². The van der Waals surface area contributed by atoms with Gasteiger partial charge in [-0.25, -0.2) is 0 Å². The third-order valence-electron chi connectivity index (χ3n) is 2.77. The zero-order chi connectivity index (χ0) is 13.0. The van der Waals surface area contributed by atoms with Crippen molar-refractivity contribution < 1.29 is 9.90 Å². The van der Waals surface area contributed by atoms with Crippen molar-refractivity contribution >= 4 is 17.7 Å². The number of phenols is 1. The molecule has 1 unspecified atom stereocenters. The number of aromatic hydroxyl groups is 1. The number of carbonyl (C=O) groups excluding carboxylic acids is 1. The summed E-state index contributed by atoms with van der Waals surface area (Å²) < 4.78 is 0. The molecule has 1 N–H and O–H groups in total. The van der Waals surface area contributed by atoms with E-state index in [0.717, 1.165) is 11.3 Å². The van der Waals surface area contributed by atoms with Gasteiger partial charge >= 0.3 is 0 Å². The Bertz CT molecular complexity index is 406. The van der Waals surface area contributed by atoms with E-state index in [-0.39, 0.29) is 17.7 Å². The topological polar surface area (TPSA) is 40.5 Å². The number of rotatable bonds is 4. The van der Waals surface area contributed by atoms with Crippen LogP contribution in [0.25, 0.3) is 0 Å². The van der Waals surface area contributed by atoms with Gasteiger partial charge in [-0.3, -0.25) is 4.79 Å². The third-order valence-corrected chi connectivity index (χ3v) is 3.59. The molecule has 1 aromatic carbocycles. The van der Waals surface area contributed by atoms with E-state index in [1.807, 2.05) is 26.2 Å². The lowest BCUT2D eigenvalue weighted by Crippen LogP contribution is -2.36. The molecule has 0 aliphatic heterocycles. The highest BCUT2D eigenvalue weighted by atomic mass is 32.2. The van der Waals surface area contributed by atoms with Crippen LogP contribution in [-0.2, 0) is 0 Å². The normalized spacial score (nSPS) is 12.2. The largest absolute Gasteiger partial charge is 0.507 e. The molecule has 17 heavy (non-hydrogen) atoms. The zero-order valence-electron chi connectivity index (χ0n) is 10.7. The fraction of sp³-hybridized carbons (Fsp3) is 0.462. The summed E-state index contributed by atoms with van der Waals surface area (Å²) in [4.78, 5) is 13.8. The van der Waals surface area contributed by atoms with Gasteiger partial charge in [0.15, 0.2) is 0 Å². The monoisotopic (exact) mass is 253 g/mol. The Kier molecular flexibility index (Phi) is 4.87. The van der Waals surface area contributed by atoms with Crippen molar-refractivity contribution in [1.82, 2.24) is 4.90 Å². The van der Waals surface area contributed by atoms with Crippen LogP contribution in [0.1, 0.15) is 22.8 Å². The number of phenolic OH excluding ortho intramolecular Hbond substituents is 1. The molecule has 0 heterocycles. The second-order valence-electron chi connectivity index (χ2n) is 4.24. The van der Waals surface area contributed by atoms with Gasteiger partial charge in [-0.15, -0.1) is 0 Å². The van der Waals surface area contributed by atoms with Gasteiger partial charge in [0.1, 0.15) is 5.75 Å². The summed E-state index contributed by atoms with van der Waals surface area (Å²) in [5.74, 6) is 0.803. The van der Waals surface area contributed by atoms with Crippen LogP contribution in [0.3, 0.4) is 0 Å². The van der Waals surface area contributed by atoms with Crippen molar-refractivity contribution in [2.24, 2.45) is 0 Å². The third kappa shape index (κ3) is 3.40. The molecule has 1 aromatic rings. The van der Waals surface area contributed by atoms with Gasteiger partial charge in [-0.1, -0.05) is 6.07 Å². The van der Waals surface area contributed by atoms with Crippen molar-refractivity contribution in [3.8, 4) is 5.75 Å². The fourth-order valence-corrected chi connectivity index (χ4v) is 2.27. The highest BCUT2D eigenvalue weighted by Gasteiger charge is 2.19. The summed E-state index contributed by atoms with van der Waals surface area (Å²) in [5.41, 5.74) is 1.31. The van der Waals surface area contributed by atoms with Gasteiger partial charge in [0.05, 0.1) is 5.56 Å². The number of hydrogen-bond donors (Lipinski definition) is 1. The Morgan fingerprint density at radius 3 is 2.71 bits per heavy atom. The van der Waals surface area contributed by atoms with Crippen LogP contribution < -0.4 is 0 Å². The lowest BCUT2D eigenvalue weighted by Gasteiger charge is -2.24. The van der Waals surface area contributed by atoms with Gasteiger partial charge < -0.3 is 10.0 Å². The molecule has 1 rings (SSSR count). The van der Waals surface area contributed by atoms with Crippen LogP contribution >= 0.6 is 11.8 Å². The smallest absolute Gasteiger partial charge is 0.257 e. The Morgan fingerprint density at radius 2 is 2.18 bits per heavy atom. The second-order valence-corrected chi connectivity index (χ2v) is 5.15. The molecule has 0 bridgehead atoms. The quantitative estimate of drug-likeness (QED) is 0.896. The molecule has 4 heteroatoms. The van der Waals surface area contributed by atoms with E-state index < -0.39 is 0 Å². The number of aryl methyl sites for hydroxylation is 1. The SMILES string of the molecule is CSCC(C)N(C)C(=O)c1ccc(C)cc1O. The van der Waals surface area contributed by atoms with E-state index in [9.17, 15) is 9.90 Å². The molecule has 0 spiro atoms. The lowest BCUT2D eigenvalue weighted by atomic mass is 10.1. The fourth-order valence-electron chi connectivity index (χ4n) is 1.57. The van der Waals surface area contributed by atoms with E-state index in [1.54, 1.807) is 35.8 Å². The summed E-state index contributed by atoms with van der Waals surface area (Å²) in [6.45, 7) is 3.88. The highest BCUT2D eigenvalue weighted by Crippen LogP contribution is 2.21. The summed E-state index contributed by atoms with van der Waals surface area (Å²) in [5, 5.41) is 9.77. The van der Waals surface area contributed by atoms with Crippen LogP contribution in [0, 0.1) is 6.92 Å². The van der Waals surface area contributed by atoms with Gasteiger partial charge in [-0.05, 0) is 37.8 Å². The highest BCUT2D eigenvalue weighted by molar-refractivity contribution is 7.98. The van der Waals surface area contributed by atoms with E-state index in [0.29, 0.717) is 5.56 Å². The average molecular weight is 253 g/mol. The summed E-state index contributed by atoms with van der Waals surface area (Å²) in [7, 11) is 1.77. The average Bonchev–Trinajstić information content (AvgIpc) is 2.27. The Morgan fingerprint density at radius 1 is 1.53 bits per heavy atom. The first-order valence-corrected chi connectivity index (χ1v) is 6.92. The molecule has 0 aliphatic rings. The standard InChI is InChI=1S/C13H19NO2S/c1-9-5-6-11(12(15)7-9)13(16)14(3)10(2)8-17-4/h5-7,10,15H,8H2,1-4H3. The Labute approximate surface area is 107 Å². The predicted molar refractivity (Wildman–Crippen MR) is 72.8 cm³/mol. The van der Waals surface area contributed by atoms with Gasteiger partial charge in [0.2, 0.25) is 0 Å². The predicted octanol–water partition coefficient (Wildman–Crippen LogP) is 2.52. The minimum Gasteiger partial charge on any atom is -0.507 e. The first-order valence-electron chi connectivity index (χ1n) is 5.53.